The third kappa shape index (κ3) is 9.17. The third-order valence-corrected chi connectivity index (χ3v) is 5.99. The zero-order chi connectivity index (χ0) is 20.4. The molecule has 2 N–H and O–H groups in total. The van der Waals surface area contributed by atoms with Crippen LogP contribution >= 0.6 is 35.3 Å². The average Bonchev–Trinajstić information content (AvgIpc) is 3.16. The number of hydrogen-bond donors (Lipinski definition) is 2. The Labute approximate surface area is 196 Å². The van der Waals surface area contributed by atoms with Gasteiger partial charge in [-0.3, -0.25) is 9.79 Å². The molecule has 166 valence electrons. The zero-order valence-corrected chi connectivity index (χ0v) is 21.2. The number of nitrogens with one attached hydrogen (secondary N) is 2. The molecule has 1 aromatic heterocycles. The molecule has 29 heavy (non-hydrogen) atoms. The molecule has 1 aromatic rings. The number of aromatic nitrogens is 1. The summed E-state index contributed by atoms with van der Waals surface area (Å²) in [7, 11) is 3.68. The average molecular weight is 538 g/mol. The van der Waals surface area contributed by atoms with Crippen molar-refractivity contribution in [3.8, 4) is 0 Å². The van der Waals surface area contributed by atoms with Crippen LogP contribution in [0.5, 0.6) is 0 Å². The van der Waals surface area contributed by atoms with E-state index in [9.17, 15) is 4.79 Å². The summed E-state index contributed by atoms with van der Waals surface area (Å²) in [6.45, 7) is 5.96. The molecule has 1 aliphatic rings. The van der Waals surface area contributed by atoms with Crippen molar-refractivity contribution in [1.82, 2.24) is 20.5 Å². The number of carbonyl (C=O) groups excluding carboxylic acids is 1. The number of ether oxygens (including phenoxy) is 1. The number of carbonyl (C=O) groups is 1. The van der Waals surface area contributed by atoms with Gasteiger partial charge in [-0.05, 0) is 26.7 Å². The second-order valence-electron chi connectivity index (χ2n) is 7.30. The van der Waals surface area contributed by atoms with Crippen LogP contribution in [0.4, 0.5) is 0 Å². The van der Waals surface area contributed by atoms with E-state index in [2.05, 4.69) is 26.0 Å². The van der Waals surface area contributed by atoms with Gasteiger partial charge in [0.2, 0.25) is 5.91 Å². The van der Waals surface area contributed by atoms with Crippen LogP contribution in [0.3, 0.4) is 0 Å². The molecular weight excluding hydrogens is 501 g/mol. The molecule has 9 heteroatoms. The Morgan fingerprint density at radius 3 is 2.79 bits per heavy atom. The Morgan fingerprint density at radius 2 is 2.14 bits per heavy atom. The lowest BCUT2D eigenvalue weighted by atomic mass is 9.95. The molecule has 1 aliphatic carbocycles. The van der Waals surface area contributed by atoms with Gasteiger partial charge < -0.3 is 20.3 Å². The van der Waals surface area contributed by atoms with Gasteiger partial charge in [0.15, 0.2) is 5.96 Å². The van der Waals surface area contributed by atoms with Crippen molar-refractivity contribution in [1.29, 1.82) is 0 Å². The molecule has 0 radical (unpaired) electrons. The van der Waals surface area contributed by atoms with Crippen molar-refractivity contribution >= 4 is 47.2 Å². The predicted molar refractivity (Wildman–Crippen MR) is 130 cm³/mol. The second-order valence-corrected chi connectivity index (χ2v) is 8.19. The summed E-state index contributed by atoms with van der Waals surface area (Å²) in [6.07, 6.45) is 6.38. The maximum Gasteiger partial charge on any atom is 0.222 e. The smallest absolute Gasteiger partial charge is 0.222 e. The molecule has 1 amide bonds. The minimum atomic E-state index is 0. The molecule has 0 saturated heterocycles. The zero-order valence-electron chi connectivity index (χ0n) is 18.1. The number of thiazole rings is 1. The van der Waals surface area contributed by atoms with Gasteiger partial charge in [-0.15, -0.1) is 35.3 Å². The maximum absolute atomic E-state index is 12.2. The summed E-state index contributed by atoms with van der Waals surface area (Å²) < 4.78 is 5.33. The molecule has 1 fully saturated rings. The molecule has 1 atom stereocenters. The van der Waals surface area contributed by atoms with Crippen LogP contribution in [-0.4, -0.2) is 55.0 Å². The van der Waals surface area contributed by atoms with Crippen molar-refractivity contribution in [3.63, 3.8) is 0 Å². The van der Waals surface area contributed by atoms with E-state index in [1.54, 1.807) is 18.4 Å². The lowest BCUT2D eigenvalue weighted by Gasteiger charge is -2.23. The Hall–Kier alpha value is -0.940. The first-order chi connectivity index (χ1) is 13.5. The number of hydrogen-bond acceptors (Lipinski definition) is 5. The van der Waals surface area contributed by atoms with E-state index in [1.165, 1.54) is 19.3 Å². The first-order valence-electron chi connectivity index (χ1n) is 10.3. The van der Waals surface area contributed by atoms with Crippen LogP contribution in [0.1, 0.15) is 69.2 Å². The number of aliphatic imine (C=N–C) groups is 1. The summed E-state index contributed by atoms with van der Waals surface area (Å²) in [5, 5.41) is 9.48. The van der Waals surface area contributed by atoms with Gasteiger partial charge in [0.25, 0.3) is 0 Å². The minimum absolute atomic E-state index is 0. The van der Waals surface area contributed by atoms with Crippen LogP contribution < -0.4 is 10.6 Å². The maximum atomic E-state index is 12.2. The number of methoxy groups -OCH3 is 1. The van der Waals surface area contributed by atoms with E-state index in [4.69, 9.17) is 4.74 Å². The molecule has 1 saturated carbocycles. The van der Waals surface area contributed by atoms with E-state index in [0.29, 0.717) is 25.6 Å². The number of amides is 1. The highest BCUT2D eigenvalue weighted by Gasteiger charge is 2.16. The Morgan fingerprint density at radius 1 is 1.41 bits per heavy atom. The Kier molecular flexibility index (Phi) is 12.7. The molecule has 0 aliphatic heterocycles. The highest BCUT2D eigenvalue weighted by atomic mass is 127. The fraction of sp³-hybridized carbons (Fsp3) is 0.750. The molecule has 0 bridgehead atoms. The Balaban J connectivity index is 0.00000420. The Bertz CT molecular complexity index is 634. The fourth-order valence-electron chi connectivity index (χ4n) is 3.28. The SMILES string of the molecule is CCNC(=NCCC(=O)NC1CCCCC1)N(C)Cc1csc(C(C)OC)n1.I. The van der Waals surface area contributed by atoms with Crippen LogP contribution in [0, 0.1) is 0 Å². The number of guanidine groups is 1. The summed E-state index contributed by atoms with van der Waals surface area (Å²) >= 11 is 1.61. The second kappa shape index (κ2) is 14.1. The van der Waals surface area contributed by atoms with E-state index < -0.39 is 0 Å². The summed E-state index contributed by atoms with van der Waals surface area (Å²) in [5.74, 6) is 0.897. The normalized spacial score (nSPS) is 16.1. The fourth-order valence-corrected chi connectivity index (χ4v) is 4.12. The highest BCUT2D eigenvalue weighted by Crippen LogP contribution is 2.21. The molecular formula is C20H36IN5O2S. The molecule has 0 spiro atoms. The first kappa shape index (κ1) is 26.1. The van der Waals surface area contributed by atoms with Crippen LogP contribution in [0.2, 0.25) is 0 Å². The van der Waals surface area contributed by atoms with Gasteiger partial charge in [0.1, 0.15) is 11.1 Å². The van der Waals surface area contributed by atoms with Gasteiger partial charge >= 0.3 is 0 Å². The number of rotatable bonds is 9. The van der Waals surface area contributed by atoms with Gasteiger partial charge in [-0.1, -0.05) is 19.3 Å². The van der Waals surface area contributed by atoms with Crippen molar-refractivity contribution < 1.29 is 9.53 Å². The minimum Gasteiger partial charge on any atom is -0.375 e. The molecule has 7 nitrogen and oxygen atoms in total. The lowest BCUT2D eigenvalue weighted by Crippen LogP contribution is -2.39. The van der Waals surface area contributed by atoms with Gasteiger partial charge in [-0.25, -0.2) is 4.98 Å². The van der Waals surface area contributed by atoms with Gasteiger partial charge in [0, 0.05) is 38.5 Å². The molecule has 1 heterocycles. The quantitative estimate of drug-likeness (QED) is 0.285. The standard InChI is InChI=1S/C20H35N5O2S.HI/c1-5-21-20(22-12-11-18(26)23-16-9-7-6-8-10-16)25(3)13-17-14-28-19(24-17)15(2)27-4;/h14-16H,5-13H2,1-4H3,(H,21,22)(H,23,26);1H. The topological polar surface area (TPSA) is 78.9 Å². The molecule has 2 rings (SSSR count). The van der Waals surface area contributed by atoms with Crippen molar-refractivity contribution in [3.05, 3.63) is 16.1 Å². The molecule has 1 unspecified atom stereocenters. The predicted octanol–water partition coefficient (Wildman–Crippen LogP) is 3.70. The summed E-state index contributed by atoms with van der Waals surface area (Å²) in [6, 6.07) is 0.356. The van der Waals surface area contributed by atoms with Gasteiger partial charge in [0.05, 0.1) is 18.8 Å². The lowest BCUT2D eigenvalue weighted by molar-refractivity contribution is -0.121. The van der Waals surface area contributed by atoms with E-state index in [1.807, 2.05) is 25.8 Å². The summed E-state index contributed by atoms with van der Waals surface area (Å²) in [5.41, 5.74) is 0.993. The number of halogens is 1. The van der Waals surface area contributed by atoms with Crippen LogP contribution in [-0.2, 0) is 16.1 Å². The molecule has 0 aromatic carbocycles. The van der Waals surface area contributed by atoms with E-state index in [0.717, 1.165) is 36.0 Å². The van der Waals surface area contributed by atoms with Crippen molar-refractivity contribution in [2.45, 2.75) is 71.1 Å². The van der Waals surface area contributed by atoms with Crippen LogP contribution in [0.15, 0.2) is 10.4 Å². The third-order valence-electron chi connectivity index (χ3n) is 4.94. The van der Waals surface area contributed by atoms with Crippen molar-refractivity contribution in [2.24, 2.45) is 4.99 Å². The highest BCUT2D eigenvalue weighted by molar-refractivity contribution is 14.0. The summed E-state index contributed by atoms with van der Waals surface area (Å²) in [4.78, 5) is 23.5. The first-order valence-corrected chi connectivity index (χ1v) is 11.2. The van der Waals surface area contributed by atoms with Crippen molar-refractivity contribution in [2.75, 3.05) is 27.2 Å². The van der Waals surface area contributed by atoms with Crippen LogP contribution in [0.25, 0.3) is 0 Å². The van der Waals surface area contributed by atoms with E-state index >= 15 is 0 Å². The number of nitrogens with zero attached hydrogens (tertiary/aromatic N) is 3. The van der Waals surface area contributed by atoms with E-state index in [-0.39, 0.29) is 36.0 Å². The largest absolute Gasteiger partial charge is 0.375 e. The monoisotopic (exact) mass is 537 g/mol. The van der Waals surface area contributed by atoms with Gasteiger partial charge in [-0.2, -0.15) is 0 Å².